The minimum absolute atomic E-state index is 0.0161. The van der Waals surface area contributed by atoms with Crippen LogP contribution in [0.25, 0.3) is 16.2 Å². The summed E-state index contributed by atoms with van der Waals surface area (Å²) in [5.74, 6) is -0.246. The predicted molar refractivity (Wildman–Crippen MR) is 111 cm³/mol. The van der Waals surface area contributed by atoms with Crippen LogP contribution in [0.3, 0.4) is 0 Å². The fraction of sp³-hybridized carbons (Fsp3) is 0.286. The van der Waals surface area contributed by atoms with E-state index < -0.39 is 0 Å². The van der Waals surface area contributed by atoms with Crippen LogP contribution in [0.4, 0.5) is 4.39 Å². The first-order valence-electron chi connectivity index (χ1n) is 9.43. The first kappa shape index (κ1) is 19.3. The molecular formula is C21H22FN5OS. The van der Waals surface area contributed by atoms with Gasteiger partial charge in [-0.05, 0) is 57.0 Å². The van der Waals surface area contributed by atoms with E-state index in [1.807, 2.05) is 31.4 Å². The molecule has 0 bridgehead atoms. The summed E-state index contributed by atoms with van der Waals surface area (Å²) in [7, 11) is 0. The van der Waals surface area contributed by atoms with E-state index in [1.54, 1.807) is 23.5 Å². The number of hydrogen-bond acceptors (Lipinski definition) is 4. The fourth-order valence-corrected chi connectivity index (χ4v) is 4.41. The molecule has 0 saturated heterocycles. The molecule has 0 saturated carbocycles. The minimum atomic E-state index is -0.262. The van der Waals surface area contributed by atoms with Crippen LogP contribution < -0.4 is 5.32 Å². The molecule has 0 atom stereocenters. The van der Waals surface area contributed by atoms with Crippen molar-refractivity contribution in [3.63, 3.8) is 0 Å². The lowest BCUT2D eigenvalue weighted by atomic mass is 10.1. The van der Waals surface area contributed by atoms with Gasteiger partial charge in [0.25, 0.3) is 0 Å². The number of carbonyl (C=O) groups excluding carboxylic acids is 1. The molecule has 3 heterocycles. The van der Waals surface area contributed by atoms with Crippen LogP contribution in [-0.4, -0.2) is 25.5 Å². The second kappa shape index (κ2) is 7.79. The van der Waals surface area contributed by atoms with Gasteiger partial charge in [0.05, 0.1) is 17.9 Å². The number of thiazole rings is 1. The van der Waals surface area contributed by atoms with Gasteiger partial charge in [-0.2, -0.15) is 5.10 Å². The maximum absolute atomic E-state index is 13.1. The van der Waals surface area contributed by atoms with E-state index in [4.69, 9.17) is 0 Å². The number of hydrogen-bond donors (Lipinski definition) is 2. The number of benzene rings is 1. The lowest BCUT2D eigenvalue weighted by molar-refractivity contribution is -0.121. The number of nitrogens with one attached hydrogen (secondary N) is 2. The SMILES string of the molecule is Cc1n[nH]c(C)c1CCC(=O)NCc1sc2nc(-c3ccc(F)cc3)cn2c1C. The lowest BCUT2D eigenvalue weighted by Gasteiger charge is -2.05. The van der Waals surface area contributed by atoms with E-state index in [-0.39, 0.29) is 11.7 Å². The van der Waals surface area contributed by atoms with Gasteiger partial charge in [0.2, 0.25) is 5.91 Å². The second-order valence-corrected chi connectivity index (χ2v) is 8.15. The highest BCUT2D eigenvalue weighted by Crippen LogP contribution is 2.27. The maximum atomic E-state index is 13.1. The van der Waals surface area contributed by atoms with Crippen molar-refractivity contribution in [1.29, 1.82) is 0 Å². The Kier molecular flexibility index (Phi) is 5.19. The van der Waals surface area contributed by atoms with Gasteiger partial charge < -0.3 is 5.32 Å². The number of imidazole rings is 1. The van der Waals surface area contributed by atoms with Crippen molar-refractivity contribution in [2.24, 2.45) is 0 Å². The number of rotatable bonds is 6. The molecule has 29 heavy (non-hydrogen) atoms. The molecule has 0 radical (unpaired) electrons. The Labute approximate surface area is 171 Å². The van der Waals surface area contributed by atoms with Gasteiger partial charge in [0.15, 0.2) is 4.96 Å². The van der Waals surface area contributed by atoms with Crippen LogP contribution in [0.15, 0.2) is 30.5 Å². The highest BCUT2D eigenvalue weighted by molar-refractivity contribution is 7.17. The summed E-state index contributed by atoms with van der Waals surface area (Å²) in [5, 5.41) is 10.1. The summed E-state index contributed by atoms with van der Waals surface area (Å²) in [6.45, 7) is 6.41. The van der Waals surface area contributed by atoms with Crippen molar-refractivity contribution in [2.75, 3.05) is 0 Å². The Balaban J connectivity index is 1.40. The Hall–Kier alpha value is -3.00. The summed E-state index contributed by atoms with van der Waals surface area (Å²) < 4.78 is 15.1. The largest absolute Gasteiger partial charge is 0.351 e. The highest BCUT2D eigenvalue weighted by atomic mass is 32.1. The third kappa shape index (κ3) is 3.93. The molecule has 0 aliphatic carbocycles. The summed E-state index contributed by atoms with van der Waals surface area (Å²) in [6.07, 6.45) is 3.05. The number of nitrogens with zero attached hydrogens (tertiary/aromatic N) is 3. The molecular weight excluding hydrogens is 389 g/mol. The average Bonchev–Trinajstić information content (AvgIpc) is 3.34. The molecule has 0 fully saturated rings. The molecule has 150 valence electrons. The summed E-state index contributed by atoms with van der Waals surface area (Å²) in [4.78, 5) is 18.9. The molecule has 0 aliphatic rings. The van der Waals surface area contributed by atoms with Gasteiger partial charge >= 0.3 is 0 Å². The second-order valence-electron chi connectivity index (χ2n) is 7.09. The fourth-order valence-electron chi connectivity index (χ4n) is 3.37. The average molecular weight is 412 g/mol. The van der Waals surface area contributed by atoms with Gasteiger partial charge in [-0.3, -0.25) is 14.3 Å². The van der Waals surface area contributed by atoms with Crippen LogP contribution in [0, 0.1) is 26.6 Å². The normalized spacial score (nSPS) is 11.3. The molecule has 4 rings (SSSR count). The van der Waals surface area contributed by atoms with Crippen molar-refractivity contribution in [3.8, 4) is 11.3 Å². The van der Waals surface area contributed by atoms with Crippen molar-refractivity contribution in [1.82, 2.24) is 24.9 Å². The lowest BCUT2D eigenvalue weighted by Crippen LogP contribution is -2.23. The van der Waals surface area contributed by atoms with Gasteiger partial charge in [0, 0.05) is 34.4 Å². The monoisotopic (exact) mass is 411 g/mol. The van der Waals surface area contributed by atoms with Crippen LogP contribution >= 0.6 is 11.3 Å². The quantitative estimate of drug-likeness (QED) is 0.502. The number of halogens is 1. The van der Waals surface area contributed by atoms with E-state index in [0.29, 0.717) is 19.4 Å². The van der Waals surface area contributed by atoms with Crippen LogP contribution in [0.2, 0.25) is 0 Å². The maximum Gasteiger partial charge on any atom is 0.220 e. The zero-order valence-corrected chi connectivity index (χ0v) is 17.4. The standard InChI is InChI=1S/C21H22FN5OS/c1-12-17(13(2)26-25-12)8-9-20(28)23-10-19-14(3)27-11-18(24-21(27)29-19)15-4-6-16(22)7-5-15/h4-7,11H,8-10H2,1-3H3,(H,23,28)(H,25,26). The third-order valence-corrected chi connectivity index (χ3v) is 6.28. The molecule has 1 aromatic carbocycles. The number of amides is 1. The molecule has 0 spiro atoms. The molecule has 1 amide bonds. The highest BCUT2D eigenvalue weighted by Gasteiger charge is 2.14. The minimum Gasteiger partial charge on any atom is -0.351 e. The number of H-pyrrole nitrogens is 1. The molecule has 3 aromatic heterocycles. The molecule has 8 heteroatoms. The number of aryl methyl sites for hydroxylation is 3. The molecule has 4 aromatic rings. The zero-order valence-electron chi connectivity index (χ0n) is 16.5. The first-order chi connectivity index (χ1) is 13.9. The first-order valence-corrected chi connectivity index (χ1v) is 10.2. The topological polar surface area (TPSA) is 75.1 Å². The van der Waals surface area contributed by atoms with Crippen molar-refractivity contribution >= 4 is 22.2 Å². The molecule has 6 nitrogen and oxygen atoms in total. The molecule has 0 aliphatic heterocycles. The Morgan fingerprint density at radius 3 is 2.66 bits per heavy atom. The van der Waals surface area contributed by atoms with E-state index in [0.717, 1.165) is 43.7 Å². The van der Waals surface area contributed by atoms with Gasteiger partial charge in [-0.15, -0.1) is 0 Å². The summed E-state index contributed by atoms with van der Waals surface area (Å²) in [5.41, 5.74) is 5.80. The summed E-state index contributed by atoms with van der Waals surface area (Å²) >= 11 is 1.55. The van der Waals surface area contributed by atoms with E-state index >= 15 is 0 Å². The Morgan fingerprint density at radius 2 is 2.00 bits per heavy atom. The smallest absolute Gasteiger partial charge is 0.220 e. The molecule has 0 unspecified atom stereocenters. The summed E-state index contributed by atoms with van der Waals surface area (Å²) in [6, 6.07) is 6.32. The molecule has 2 N–H and O–H groups in total. The Morgan fingerprint density at radius 1 is 1.24 bits per heavy atom. The van der Waals surface area contributed by atoms with Crippen LogP contribution in [-0.2, 0) is 17.8 Å². The van der Waals surface area contributed by atoms with Crippen molar-refractivity contribution < 1.29 is 9.18 Å². The van der Waals surface area contributed by atoms with E-state index in [1.165, 1.54) is 12.1 Å². The predicted octanol–water partition coefficient (Wildman–Crippen LogP) is 4.10. The van der Waals surface area contributed by atoms with Crippen LogP contribution in [0.1, 0.15) is 33.9 Å². The Bertz CT molecular complexity index is 1150. The number of carbonyl (C=O) groups is 1. The van der Waals surface area contributed by atoms with Gasteiger partial charge in [-0.25, -0.2) is 9.37 Å². The van der Waals surface area contributed by atoms with E-state index in [2.05, 4.69) is 20.5 Å². The number of aromatic amines is 1. The third-order valence-electron chi connectivity index (χ3n) is 5.12. The number of fused-ring (bicyclic) bond motifs is 1. The number of aromatic nitrogens is 4. The van der Waals surface area contributed by atoms with Gasteiger partial charge in [-0.1, -0.05) is 11.3 Å². The van der Waals surface area contributed by atoms with Crippen molar-refractivity contribution in [2.45, 2.75) is 40.2 Å². The van der Waals surface area contributed by atoms with Crippen molar-refractivity contribution in [3.05, 3.63) is 63.8 Å². The zero-order chi connectivity index (χ0) is 20.5. The van der Waals surface area contributed by atoms with Crippen LogP contribution in [0.5, 0.6) is 0 Å². The van der Waals surface area contributed by atoms with E-state index in [9.17, 15) is 9.18 Å². The van der Waals surface area contributed by atoms with Gasteiger partial charge in [0.1, 0.15) is 5.82 Å².